The van der Waals surface area contributed by atoms with Gasteiger partial charge in [-0.2, -0.15) is 0 Å². The number of alkyl halides is 1. The highest BCUT2D eigenvalue weighted by Crippen LogP contribution is 2.27. The quantitative estimate of drug-likeness (QED) is 0.743. The first-order chi connectivity index (χ1) is 6.59. The van der Waals surface area contributed by atoms with Crippen molar-refractivity contribution in [2.75, 3.05) is 11.6 Å². The molecule has 0 aromatic carbocycles. The topological polar surface area (TPSA) is 46.2 Å². The molecule has 84 valence electrons. The van der Waals surface area contributed by atoms with Gasteiger partial charge in [-0.3, -0.25) is 0 Å². The molecule has 0 spiro atoms. The maximum atomic E-state index is 11.5. The number of halogens is 1. The van der Waals surface area contributed by atoms with E-state index in [1.807, 2.05) is 6.92 Å². The highest BCUT2D eigenvalue weighted by Gasteiger charge is 2.29. The van der Waals surface area contributed by atoms with Crippen LogP contribution in [0.2, 0.25) is 0 Å². The van der Waals surface area contributed by atoms with E-state index in [4.69, 9.17) is 11.6 Å². The summed E-state index contributed by atoms with van der Waals surface area (Å²) in [7, 11) is -3.07. The summed E-state index contributed by atoms with van der Waals surface area (Å²) in [6, 6.07) is 0.0732. The smallest absolute Gasteiger partial charge is 0.211 e. The molecule has 1 aliphatic rings. The lowest BCUT2D eigenvalue weighted by atomic mass is 10.1. The van der Waals surface area contributed by atoms with E-state index in [9.17, 15) is 8.42 Å². The molecule has 0 bridgehead atoms. The van der Waals surface area contributed by atoms with Crippen LogP contribution in [0, 0.1) is 5.92 Å². The van der Waals surface area contributed by atoms with Crippen LogP contribution >= 0.6 is 11.6 Å². The van der Waals surface area contributed by atoms with Crippen LogP contribution in [-0.2, 0) is 10.0 Å². The largest absolute Gasteiger partial charge is 0.212 e. The van der Waals surface area contributed by atoms with Crippen molar-refractivity contribution < 1.29 is 8.42 Å². The summed E-state index contributed by atoms with van der Waals surface area (Å²) in [5, 5.41) is 0. The fraction of sp³-hybridized carbons (Fsp3) is 1.00. The first-order valence-corrected chi connectivity index (χ1v) is 7.33. The summed E-state index contributed by atoms with van der Waals surface area (Å²) < 4.78 is 25.7. The predicted molar refractivity (Wildman–Crippen MR) is 59.1 cm³/mol. The third kappa shape index (κ3) is 3.41. The van der Waals surface area contributed by atoms with Gasteiger partial charge in [0.15, 0.2) is 0 Å². The molecule has 2 unspecified atom stereocenters. The highest BCUT2D eigenvalue weighted by atomic mass is 35.5. The van der Waals surface area contributed by atoms with Crippen LogP contribution in [0.1, 0.15) is 32.6 Å². The summed E-state index contributed by atoms with van der Waals surface area (Å²) in [6.45, 7) is 1.87. The molecular formula is C9H18ClNO2S. The Hall–Kier alpha value is 0.200. The summed E-state index contributed by atoms with van der Waals surface area (Å²) in [5.41, 5.74) is 0. The molecule has 1 N–H and O–H groups in total. The third-order valence-electron chi connectivity index (χ3n) is 2.66. The molecule has 0 aromatic heterocycles. The van der Waals surface area contributed by atoms with Gasteiger partial charge in [0.05, 0.1) is 5.75 Å². The van der Waals surface area contributed by atoms with Crippen molar-refractivity contribution in [3.05, 3.63) is 0 Å². The van der Waals surface area contributed by atoms with E-state index < -0.39 is 10.0 Å². The molecule has 1 fully saturated rings. The number of sulfonamides is 1. The van der Waals surface area contributed by atoms with Crippen molar-refractivity contribution in [2.45, 2.75) is 38.6 Å². The Morgan fingerprint density at radius 2 is 2.14 bits per heavy atom. The van der Waals surface area contributed by atoms with Gasteiger partial charge in [0.1, 0.15) is 0 Å². The molecular weight excluding hydrogens is 222 g/mol. The van der Waals surface area contributed by atoms with Gasteiger partial charge in [0.25, 0.3) is 0 Å². The van der Waals surface area contributed by atoms with Gasteiger partial charge in [-0.05, 0) is 25.2 Å². The van der Waals surface area contributed by atoms with Crippen molar-refractivity contribution in [3.63, 3.8) is 0 Å². The normalized spacial score (nSPS) is 28.1. The molecule has 14 heavy (non-hydrogen) atoms. The molecule has 5 heteroatoms. The standard InChI is InChI=1S/C9H18ClNO2S/c1-2-6-14(12,13)11-9-5-3-4-8(9)7-10/h8-9,11H,2-7H2,1H3. The predicted octanol–water partition coefficient (Wildman–Crippen LogP) is 1.72. The maximum Gasteiger partial charge on any atom is 0.211 e. The molecule has 1 rings (SSSR count). The van der Waals surface area contributed by atoms with Gasteiger partial charge >= 0.3 is 0 Å². The SMILES string of the molecule is CCCS(=O)(=O)NC1CCCC1CCl. The minimum Gasteiger partial charge on any atom is -0.212 e. The number of hydrogen-bond acceptors (Lipinski definition) is 2. The van der Waals surface area contributed by atoms with Crippen LogP contribution in [0.5, 0.6) is 0 Å². The Bertz CT molecular complexity index is 266. The van der Waals surface area contributed by atoms with Crippen LogP contribution in [0.25, 0.3) is 0 Å². The fourth-order valence-electron chi connectivity index (χ4n) is 1.93. The molecule has 0 aliphatic heterocycles. The Balaban J connectivity index is 2.51. The van der Waals surface area contributed by atoms with Gasteiger partial charge in [-0.1, -0.05) is 13.3 Å². The highest BCUT2D eigenvalue weighted by molar-refractivity contribution is 7.89. The van der Waals surface area contributed by atoms with E-state index in [-0.39, 0.29) is 11.8 Å². The van der Waals surface area contributed by atoms with Gasteiger partial charge < -0.3 is 0 Å². The second-order valence-electron chi connectivity index (χ2n) is 3.89. The van der Waals surface area contributed by atoms with Crippen LogP contribution < -0.4 is 4.72 Å². The molecule has 1 saturated carbocycles. The molecule has 0 radical (unpaired) electrons. The zero-order valence-electron chi connectivity index (χ0n) is 8.50. The van der Waals surface area contributed by atoms with Gasteiger partial charge in [-0.25, -0.2) is 13.1 Å². The maximum absolute atomic E-state index is 11.5. The van der Waals surface area contributed by atoms with Gasteiger partial charge in [0.2, 0.25) is 10.0 Å². The second kappa shape index (κ2) is 5.33. The van der Waals surface area contributed by atoms with Gasteiger partial charge in [0, 0.05) is 11.9 Å². The molecule has 3 nitrogen and oxygen atoms in total. The summed E-state index contributed by atoms with van der Waals surface area (Å²) in [4.78, 5) is 0. The average molecular weight is 240 g/mol. The Kier molecular flexibility index (Phi) is 4.67. The number of hydrogen-bond donors (Lipinski definition) is 1. The molecule has 0 amide bonds. The van der Waals surface area contributed by atoms with Crippen molar-refractivity contribution in [1.82, 2.24) is 4.72 Å². The van der Waals surface area contributed by atoms with Crippen LogP contribution in [0.4, 0.5) is 0 Å². The molecule has 0 aromatic rings. The molecule has 0 saturated heterocycles. The Morgan fingerprint density at radius 3 is 2.71 bits per heavy atom. The van der Waals surface area contributed by atoms with Crippen LogP contribution in [0.3, 0.4) is 0 Å². The zero-order chi connectivity index (χ0) is 10.6. The minimum absolute atomic E-state index is 0.0732. The second-order valence-corrected chi connectivity index (χ2v) is 6.07. The monoisotopic (exact) mass is 239 g/mol. The zero-order valence-corrected chi connectivity index (χ0v) is 10.1. The molecule has 0 heterocycles. The first kappa shape index (κ1) is 12.3. The van der Waals surface area contributed by atoms with Crippen molar-refractivity contribution in [1.29, 1.82) is 0 Å². The van der Waals surface area contributed by atoms with Crippen molar-refractivity contribution in [3.8, 4) is 0 Å². The lowest BCUT2D eigenvalue weighted by Gasteiger charge is -2.18. The summed E-state index contributed by atoms with van der Waals surface area (Å²) in [6.07, 6.45) is 3.72. The third-order valence-corrected chi connectivity index (χ3v) is 4.67. The van der Waals surface area contributed by atoms with E-state index in [1.54, 1.807) is 0 Å². The lowest BCUT2D eigenvalue weighted by Crippen LogP contribution is -2.39. The lowest BCUT2D eigenvalue weighted by molar-refractivity contribution is 0.480. The van der Waals surface area contributed by atoms with E-state index in [2.05, 4.69) is 4.72 Å². The Labute approximate surface area is 91.3 Å². The first-order valence-electron chi connectivity index (χ1n) is 5.15. The molecule has 2 atom stereocenters. The molecule has 1 aliphatic carbocycles. The average Bonchev–Trinajstić information content (AvgIpc) is 2.50. The number of rotatable bonds is 5. The van der Waals surface area contributed by atoms with Crippen molar-refractivity contribution >= 4 is 21.6 Å². The van der Waals surface area contributed by atoms with E-state index in [1.165, 1.54) is 0 Å². The Morgan fingerprint density at radius 1 is 1.43 bits per heavy atom. The van der Waals surface area contributed by atoms with E-state index in [0.717, 1.165) is 19.3 Å². The summed E-state index contributed by atoms with van der Waals surface area (Å²) in [5.74, 6) is 1.10. The van der Waals surface area contributed by atoms with Crippen LogP contribution in [-0.4, -0.2) is 26.1 Å². The fourth-order valence-corrected chi connectivity index (χ4v) is 3.73. The van der Waals surface area contributed by atoms with E-state index >= 15 is 0 Å². The van der Waals surface area contributed by atoms with Crippen LogP contribution in [0.15, 0.2) is 0 Å². The van der Waals surface area contributed by atoms with Crippen molar-refractivity contribution in [2.24, 2.45) is 5.92 Å². The van der Waals surface area contributed by atoms with E-state index in [0.29, 0.717) is 18.2 Å². The van der Waals surface area contributed by atoms with Gasteiger partial charge in [-0.15, -0.1) is 11.6 Å². The number of nitrogens with one attached hydrogen (secondary N) is 1. The minimum atomic E-state index is -3.07. The summed E-state index contributed by atoms with van der Waals surface area (Å²) >= 11 is 5.77.